The molecule has 2 N–H and O–H groups in total. The van der Waals surface area contributed by atoms with Gasteiger partial charge in [0.05, 0.1) is 19.4 Å². The van der Waals surface area contributed by atoms with Crippen LogP contribution < -0.4 is 10.6 Å². The van der Waals surface area contributed by atoms with Crippen molar-refractivity contribution in [2.45, 2.75) is 32.9 Å². The third kappa shape index (κ3) is 7.34. The van der Waals surface area contributed by atoms with Crippen molar-refractivity contribution in [3.05, 3.63) is 76.1 Å². The Balaban J connectivity index is 0.00000261. The van der Waals surface area contributed by atoms with Crippen molar-refractivity contribution in [1.82, 2.24) is 15.6 Å². The van der Waals surface area contributed by atoms with Crippen LogP contribution in [0, 0.1) is 0 Å². The van der Waals surface area contributed by atoms with Crippen LogP contribution >= 0.6 is 35.3 Å². The minimum atomic E-state index is 0. The van der Waals surface area contributed by atoms with E-state index in [4.69, 9.17) is 9.41 Å². The maximum Gasteiger partial charge on any atom is 0.191 e. The fraction of sp³-hybridized carbons (Fsp3) is 0.300. The summed E-state index contributed by atoms with van der Waals surface area (Å²) in [6, 6.07) is 14.1. The van der Waals surface area contributed by atoms with Gasteiger partial charge in [0.1, 0.15) is 10.8 Å². The summed E-state index contributed by atoms with van der Waals surface area (Å²) in [6.07, 6.45) is 5.49. The molecule has 27 heavy (non-hydrogen) atoms. The van der Waals surface area contributed by atoms with Gasteiger partial charge in [-0.1, -0.05) is 37.3 Å². The first-order valence-corrected chi connectivity index (χ1v) is 9.67. The van der Waals surface area contributed by atoms with Crippen LogP contribution in [0.1, 0.15) is 28.1 Å². The van der Waals surface area contributed by atoms with Crippen LogP contribution in [-0.4, -0.2) is 17.5 Å². The molecule has 5 nitrogen and oxygen atoms in total. The molecule has 0 saturated heterocycles. The highest BCUT2D eigenvalue weighted by Gasteiger charge is 2.04. The fourth-order valence-corrected chi connectivity index (χ4v) is 3.24. The Morgan fingerprint density at radius 2 is 2.00 bits per heavy atom. The number of benzene rings is 1. The topological polar surface area (TPSA) is 62.5 Å². The highest BCUT2D eigenvalue weighted by Crippen LogP contribution is 2.12. The summed E-state index contributed by atoms with van der Waals surface area (Å²) in [6.45, 7) is 4.21. The predicted molar refractivity (Wildman–Crippen MR) is 122 cm³/mol. The average Bonchev–Trinajstić information content (AvgIpc) is 3.36. The third-order valence-corrected chi connectivity index (χ3v) is 5.01. The van der Waals surface area contributed by atoms with Gasteiger partial charge in [-0.2, -0.15) is 0 Å². The molecular weight excluding hydrogens is 471 g/mol. The molecule has 0 spiro atoms. The van der Waals surface area contributed by atoms with Gasteiger partial charge in [-0.05, 0) is 24.1 Å². The van der Waals surface area contributed by atoms with E-state index in [9.17, 15) is 0 Å². The summed E-state index contributed by atoms with van der Waals surface area (Å²) in [5.41, 5.74) is 1.18. The van der Waals surface area contributed by atoms with E-state index < -0.39 is 0 Å². The normalized spacial score (nSPS) is 11.1. The zero-order valence-corrected chi connectivity index (χ0v) is 18.5. The summed E-state index contributed by atoms with van der Waals surface area (Å²) in [4.78, 5) is 10.5. The summed E-state index contributed by atoms with van der Waals surface area (Å²) < 4.78 is 5.38. The number of aliphatic imine (C=N–C) groups is 1. The van der Waals surface area contributed by atoms with E-state index in [1.54, 1.807) is 17.6 Å². The molecule has 0 radical (unpaired) electrons. The van der Waals surface area contributed by atoms with Crippen molar-refractivity contribution in [2.75, 3.05) is 6.54 Å². The lowest BCUT2D eigenvalue weighted by Gasteiger charge is -2.11. The van der Waals surface area contributed by atoms with E-state index in [0.29, 0.717) is 13.1 Å². The molecule has 144 valence electrons. The Kier molecular flexibility index (Phi) is 9.34. The van der Waals surface area contributed by atoms with E-state index in [2.05, 4.69) is 34.7 Å². The number of hydrogen-bond donors (Lipinski definition) is 2. The van der Waals surface area contributed by atoms with E-state index in [0.717, 1.165) is 36.1 Å². The number of nitrogens with one attached hydrogen (secondary N) is 2. The van der Waals surface area contributed by atoms with Crippen LogP contribution in [0.15, 0.2) is 64.3 Å². The Morgan fingerprint density at radius 1 is 1.15 bits per heavy atom. The quantitative estimate of drug-likeness (QED) is 0.276. The summed E-state index contributed by atoms with van der Waals surface area (Å²) in [5.74, 6) is 1.75. The first-order chi connectivity index (χ1) is 12.8. The molecule has 0 aliphatic carbocycles. The van der Waals surface area contributed by atoms with Crippen LogP contribution in [0.25, 0.3) is 0 Å². The van der Waals surface area contributed by atoms with Crippen LogP contribution in [0.2, 0.25) is 0 Å². The molecule has 0 bridgehead atoms. The highest BCUT2D eigenvalue weighted by molar-refractivity contribution is 14.0. The molecule has 0 amide bonds. The van der Waals surface area contributed by atoms with E-state index >= 15 is 0 Å². The van der Waals surface area contributed by atoms with Crippen LogP contribution in [-0.2, 0) is 25.9 Å². The standard InChI is InChI=1S/C20H24N4OS.HI/c1-2-18-14-22-19(26-18)15-24-20(21-11-10-17-9-6-12-25-17)23-13-16-7-4-3-5-8-16;/h3-9,12,14H,2,10-11,13,15H2,1H3,(H2,21,23,24);1H. The van der Waals surface area contributed by atoms with Crippen molar-refractivity contribution >= 4 is 41.3 Å². The number of nitrogens with zero attached hydrogens (tertiary/aromatic N) is 2. The first kappa shape index (κ1) is 21.4. The molecule has 3 aromatic rings. The molecule has 2 heterocycles. The molecule has 0 aliphatic heterocycles. The smallest absolute Gasteiger partial charge is 0.191 e. The number of halogens is 1. The number of guanidine groups is 1. The lowest BCUT2D eigenvalue weighted by atomic mass is 10.2. The molecule has 3 rings (SSSR count). The Bertz CT molecular complexity index is 803. The van der Waals surface area contributed by atoms with Gasteiger partial charge in [0.2, 0.25) is 0 Å². The van der Waals surface area contributed by atoms with Crippen LogP contribution in [0.5, 0.6) is 0 Å². The lowest BCUT2D eigenvalue weighted by Crippen LogP contribution is -2.38. The molecule has 7 heteroatoms. The zero-order valence-electron chi connectivity index (χ0n) is 15.4. The summed E-state index contributed by atoms with van der Waals surface area (Å²) in [7, 11) is 0. The third-order valence-electron chi connectivity index (χ3n) is 3.86. The first-order valence-electron chi connectivity index (χ1n) is 8.85. The van der Waals surface area contributed by atoms with E-state index in [1.807, 2.05) is 36.5 Å². The molecule has 0 fully saturated rings. The summed E-state index contributed by atoms with van der Waals surface area (Å²) >= 11 is 1.74. The summed E-state index contributed by atoms with van der Waals surface area (Å²) in [5, 5.41) is 7.83. The minimum absolute atomic E-state index is 0. The molecule has 0 aliphatic rings. The minimum Gasteiger partial charge on any atom is -0.469 e. The van der Waals surface area contributed by atoms with Crippen molar-refractivity contribution in [1.29, 1.82) is 0 Å². The molecule has 2 aromatic heterocycles. The maximum absolute atomic E-state index is 5.38. The van der Waals surface area contributed by atoms with Crippen molar-refractivity contribution < 1.29 is 4.42 Å². The number of hydrogen-bond acceptors (Lipinski definition) is 4. The zero-order chi connectivity index (χ0) is 18.0. The monoisotopic (exact) mass is 496 g/mol. The van der Waals surface area contributed by atoms with Gasteiger partial charge in [0.15, 0.2) is 5.96 Å². The van der Waals surface area contributed by atoms with Crippen LogP contribution in [0.4, 0.5) is 0 Å². The fourth-order valence-electron chi connectivity index (χ4n) is 2.44. The Labute approximate surface area is 181 Å². The number of furan rings is 1. The van der Waals surface area contributed by atoms with E-state index in [1.165, 1.54) is 10.4 Å². The van der Waals surface area contributed by atoms with Crippen molar-refractivity contribution in [3.8, 4) is 0 Å². The van der Waals surface area contributed by atoms with Gasteiger partial charge in [-0.3, -0.25) is 0 Å². The number of aromatic nitrogens is 1. The van der Waals surface area contributed by atoms with E-state index in [-0.39, 0.29) is 24.0 Å². The molecule has 0 atom stereocenters. The van der Waals surface area contributed by atoms with Gasteiger partial charge in [-0.25, -0.2) is 9.98 Å². The molecule has 0 unspecified atom stereocenters. The molecule has 1 aromatic carbocycles. The lowest BCUT2D eigenvalue weighted by molar-refractivity contribution is 0.506. The van der Waals surface area contributed by atoms with Gasteiger partial charge in [0, 0.05) is 24.0 Å². The van der Waals surface area contributed by atoms with Crippen molar-refractivity contribution in [3.63, 3.8) is 0 Å². The predicted octanol–water partition coefficient (Wildman–Crippen LogP) is 4.39. The Morgan fingerprint density at radius 3 is 2.70 bits per heavy atom. The van der Waals surface area contributed by atoms with Gasteiger partial charge in [0.25, 0.3) is 0 Å². The van der Waals surface area contributed by atoms with Gasteiger partial charge < -0.3 is 15.1 Å². The maximum atomic E-state index is 5.38. The highest BCUT2D eigenvalue weighted by atomic mass is 127. The van der Waals surface area contributed by atoms with Gasteiger partial charge >= 0.3 is 0 Å². The Hall–Kier alpha value is -1.87. The second kappa shape index (κ2) is 11.8. The molecule has 0 saturated carbocycles. The molecular formula is C20H25IN4OS. The number of aryl methyl sites for hydroxylation is 1. The van der Waals surface area contributed by atoms with Crippen molar-refractivity contribution in [2.24, 2.45) is 4.99 Å². The largest absolute Gasteiger partial charge is 0.469 e. The second-order valence-electron chi connectivity index (χ2n) is 5.83. The average molecular weight is 496 g/mol. The number of rotatable bonds is 8. The second-order valence-corrected chi connectivity index (χ2v) is 7.03. The SMILES string of the molecule is CCc1cnc(CNC(=NCc2ccccc2)NCCc2ccco2)s1.I. The van der Waals surface area contributed by atoms with Gasteiger partial charge in [-0.15, -0.1) is 35.3 Å². The van der Waals surface area contributed by atoms with Crippen LogP contribution in [0.3, 0.4) is 0 Å². The number of thiazole rings is 1.